The molecule has 0 spiro atoms. The van der Waals surface area contributed by atoms with E-state index in [1.54, 1.807) is 13.2 Å². The molecular formula is C11H14O3. The Bertz CT molecular complexity index is 336. The minimum atomic E-state index is -0.802. The predicted octanol–water partition coefficient (Wildman–Crippen LogP) is 2.42. The molecular weight excluding hydrogens is 180 g/mol. The fourth-order valence-corrected chi connectivity index (χ4v) is 1.48. The second kappa shape index (κ2) is 3.48. The Morgan fingerprint density at radius 3 is 3.00 bits per heavy atom. The monoisotopic (exact) mass is 194 g/mol. The number of rotatable bonds is 4. The molecule has 1 aliphatic carbocycles. The Hall–Kier alpha value is -1.25. The van der Waals surface area contributed by atoms with E-state index in [1.165, 1.54) is 12.8 Å². The van der Waals surface area contributed by atoms with Gasteiger partial charge in [0.25, 0.3) is 0 Å². The first kappa shape index (κ1) is 9.31. The Balaban J connectivity index is 2.04. The van der Waals surface area contributed by atoms with Crippen LogP contribution < -0.4 is 0 Å². The van der Waals surface area contributed by atoms with Gasteiger partial charge in [-0.1, -0.05) is 0 Å². The van der Waals surface area contributed by atoms with E-state index >= 15 is 0 Å². The maximum atomic E-state index is 10.7. The highest BCUT2D eigenvalue weighted by molar-refractivity contribution is 5.75. The Kier molecular flexibility index (Phi) is 2.32. The van der Waals surface area contributed by atoms with Crippen LogP contribution in [0.25, 0.3) is 0 Å². The average molecular weight is 194 g/mol. The molecule has 0 aliphatic heterocycles. The number of aliphatic carboxylic acids is 1. The highest BCUT2D eigenvalue weighted by Gasteiger charge is 2.24. The van der Waals surface area contributed by atoms with Crippen LogP contribution in [0.4, 0.5) is 0 Å². The number of hydrogen-bond donors (Lipinski definition) is 1. The van der Waals surface area contributed by atoms with Gasteiger partial charge in [0.2, 0.25) is 0 Å². The minimum Gasteiger partial charge on any atom is -0.481 e. The smallest absolute Gasteiger partial charge is 0.310 e. The number of carboxylic acid groups (broad SMARTS) is 1. The molecule has 76 valence electrons. The molecule has 3 nitrogen and oxygen atoms in total. The lowest BCUT2D eigenvalue weighted by atomic mass is 10.0. The largest absolute Gasteiger partial charge is 0.481 e. The summed E-state index contributed by atoms with van der Waals surface area (Å²) < 4.78 is 5.32. The van der Waals surface area contributed by atoms with Crippen molar-refractivity contribution in [3.8, 4) is 0 Å². The molecule has 2 rings (SSSR count). The first-order valence-electron chi connectivity index (χ1n) is 4.97. The molecule has 14 heavy (non-hydrogen) atoms. The molecule has 0 bridgehead atoms. The second-order valence-electron chi connectivity index (χ2n) is 4.05. The topological polar surface area (TPSA) is 50.4 Å². The lowest BCUT2D eigenvalue weighted by Gasteiger charge is -1.99. The zero-order valence-corrected chi connectivity index (χ0v) is 8.19. The van der Waals surface area contributed by atoms with Gasteiger partial charge in [0.15, 0.2) is 0 Å². The molecule has 3 heteroatoms. The van der Waals surface area contributed by atoms with Crippen LogP contribution in [0.3, 0.4) is 0 Å². The third-order valence-corrected chi connectivity index (χ3v) is 2.73. The number of carbonyl (C=O) groups is 1. The normalized spacial score (nSPS) is 18.1. The van der Waals surface area contributed by atoms with Crippen LogP contribution in [0.2, 0.25) is 0 Å². The van der Waals surface area contributed by atoms with Gasteiger partial charge in [-0.05, 0) is 31.7 Å². The van der Waals surface area contributed by atoms with Crippen molar-refractivity contribution in [1.29, 1.82) is 0 Å². The summed E-state index contributed by atoms with van der Waals surface area (Å²) in [6, 6.07) is 1.87. The van der Waals surface area contributed by atoms with Crippen LogP contribution in [-0.4, -0.2) is 11.1 Å². The van der Waals surface area contributed by atoms with Crippen molar-refractivity contribution in [2.24, 2.45) is 5.92 Å². The highest BCUT2D eigenvalue weighted by Crippen LogP contribution is 2.33. The standard InChI is InChI=1S/C11H14O3/c1-7(11(12)13)9-5-10(14-6-9)4-8-2-3-8/h5-8H,2-4H2,1H3,(H,12,13). The molecule has 1 heterocycles. The molecule has 0 saturated heterocycles. The molecule has 1 N–H and O–H groups in total. The lowest BCUT2D eigenvalue weighted by Crippen LogP contribution is -2.05. The third-order valence-electron chi connectivity index (χ3n) is 2.73. The van der Waals surface area contributed by atoms with E-state index in [0.29, 0.717) is 0 Å². The number of furan rings is 1. The lowest BCUT2D eigenvalue weighted by molar-refractivity contribution is -0.138. The summed E-state index contributed by atoms with van der Waals surface area (Å²) in [6.07, 6.45) is 5.10. The summed E-state index contributed by atoms with van der Waals surface area (Å²) in [5, 5.41) is 8.80. The average Bonchev–Trinajstić information content (AvgIpc) is 2.81. The number of carboxylic acids is 1. The van der Waals surface area contributed by atoms with Crippen molar-refractivity contribution >= 4 is 5.97 Å². The first-order chi connectivity index (χ1) is 6.66. The maximum absolute atomic E-state index is 10.7. The Morgan fingerprint density at radius 2 is 2.43 bits per heavy atom. The minimum absolute atomic E-state index is 0.466. The van der Waals surface area contributed by atoms with Gasteiger partial charge >= 0.3 is 5.97 Å². The molecule has 1 aromatic heterocycles. The van der Waals surface area contributed by atoms with Crippen molar-refractivity contribution in [3.05, 3.63) is 23.7 Å². The van der Waals surface area contributed by atoms with E-state index in [4.69, 9.17) is 9.52 Å². The quantitative estimate of drug-likeness (QED) is 0.800. The van der Waals surface area contributed by atoms with E-state index in [-0.39, 0.29) is 0 Å². The molecule has 1 aliphatic rings. The maximum Gasteiger partial charge on any atom is 0.310 e. The van der Waals surface area contributed by atoms with E-state index in [2.05, 4.69) is 0 Å². The van der Waals surface area contributed by atoms with Crippen molar-refractivity contribution in [3.63, 3.8) is 0 Å². The molecule has 1 aromatic rings. The second-order valence-corrected chi connectivity index (χ2v) is 4.05. The summed E-state index contributed by atoms with van der Waals surface area (Å²) in [4.78, 5) is 10.7. The molecule has 1 atom stereocenters. The fraction of sp³-hybridized carbons (Fsp3) is 0.545. The van der Waals surface area contributed by atoms with Crippen LogP contribution in [0.1, 0.15) is 37.0 Å². The van der Waals surface area contributed by atoms with E-state index in [0.717, 1.165) is 23.7 Å². The zero-order valence-electron chi connectivity index (χ0n) is 8.19. The molecule has 0 aromatic carbocycles. The van der Waals surface area contributed by atoms with Gasteiger partial charge in [0.1, 0.15) is 5.76 Å². The van der Waals surface area contributed by atoms with Crippen molar-refractivity contribution in [1.82, 2.24) is 0 Å². The zero-order chi connectivity index (χ0) is 10.1. The molecule has 0 radical (unpaired) electrons. The van der Waals surface area contributed by atoms with E-state index in [9.17, 15) is 4.79 Å². The fourth-order valence-electron chi connectivity index (χ4n) is 1.48. The third kappa shape index (κ3) is 1.97. The molecule has 1 saturated carbocycles. The molecule has 1 unspecified atom stereocenters. The Labute approximate surface area is 82.7 Å². The van der Waals surface area contributed by atoms with Gasteiger partial charge in [-0.25, -0.2) is 0 Å². The summed E-state index contributed by atoms with van der Waals surface area (Å²) >= 11 is 0. The van der Waals surface area contributed by atoms with Gasteiger partial charge in [0, 0.05) is 12.0 Å². The summed E-state index contributed by atoms with van der Waals surface area (Å²) in [5.41, 5.74) is 0.771. The van der Waals surface area contributed by atoms with Crippen LogP contribution in [0.5, 0.6) is 0 Å². The number of hydrogen-bond acceptors (Lipinski definition) is 2. The first-order valence-corrected chi connectivity index (χ1v) is 4.97. The van der Waals surface area contributed by atoms with Crippen LogP contribution >= 0.6 is 0 Å². The summed E-state index contributed by atoms with van der Waals surface area (Å²) in [5.74, 6) is 0.431. The Morgan fingerprint density at radius 1 is 1.71 bits per heavy atom. The van der Waals surface area contributed by atoms with Crippen LogP contribution in [0, 0.1) is 5.92 Å². The van der Waals surface area contributed by atoms with Crippen molar-refractivity contribution < 1.29 is 14.3 Å². The van der Waals surface area contributed by atoms with Gasteiger partial charge in [-0.15, -0.1) is 0 Å². The van der Waals surface area contributed by atoms with Gasteiger partial charge in [-0.2, -0.15) is 0 Å². The van der Waals surface area contributed by atoms with Crippen molar-refractivity contribution in [2.75, 3.05) is 0 Å². The summed E-state index contributed by atoms with van der Waals surface area (Å²) in [7, 11) is 0. The van der Waals surface area contributed by atoms with E-state index < -0.39 is 11.9 Å². The predicted molar refractivity (Wildman–Crippen MR) is 51.2 cm³/mol. The molecule has 0 amide bonds. The van der Waals surface area contributed by atoms with Crippen LogP contribution in [0.15, 0.2) is 16.7 Å². The highest BCUT2D eigenvalue weighted by atomic mass is 16.4. The van der Waals surface area contributed by atoms with Gasteiger partial charge < -0.3 is 9.52 Å². The molecule has 1 fully saturated rings. The van der Waals surface area contributed by atoms with Crippen molar-refractivity contribution in [2.45, 2.75) is 32.1 Å². The summed E-state index contributed by atoms with van der Waals surface area (Å²) in [6.45, 7) is 1.67. The van der Waals surface area contributed by atoms with Crippen LogP contribution in [-0.2, 0) is 11.2 Å². The van der Waals surface area contributed by atoms with Gasteiger partial charge in [-0.3, -0.25) is 4.79 Å². The SMILES string of the molecule is CC(C(=O)O)c1coc(CC2CC2)c1. The van der Waals surface area contributed by atoms with Gasteiger partial charge in [0.05, 0.1) is 12.2 Å². The van der Waals surface area contributed by atoms with E-state index in [1.807, 2.05) is 6.07 Å².